The molecule has 0 aliphatic carbocycles. The van der Waals surface area contributed by atoms with E-state index in [-0.39, 0.29) is 30.1 Å². The van der Waals surface area contributed by atoms with Crippen LogP contribution in [0.4, 0.5) is 0 Å². The molecular formula is C13H19ClN2O3. The van der Waals surface area contributed by atoms with Gasteiger partial charge in [0.25, 0.3) is 5.91 Å². The molecule has 1 saturated heterocycles. The number of piperazine rings is 1. The van der Waals surface area contributed by atoms with Crippen molar-refractivity contribution in [2.75, 3.05) is 26.7 Å². The number of phenols is 1. The van der Waals surface area contributed by atoms with Gasteiger partial charge >= 0.3 is 0 Å². The monoisotopic (exact) mass is 286 g/mol. The van der Waals surface area contributed by atoms with Gasteiger partial charge in [-0.1, -0.05) is 0 Å². The third kappa shape index (κ3) is 3.52. The van der Waals surface area contributed by atoms with Gasteiger partial charge < -0.3 is 20.1 Å². The van der Waals surface area contributed by atoms with Crippen molar-refractivity contribution in [3.05, 3.63) is 23.8 Å². The lowest BCUT2D eigenvalue weighted by Gasteiger charge is -2.32. The minimum absolute atomic E-state index is 0. The van der Waals surface area contributed by atoms with E-state index >= 15 is 0 Å². The Balaban J connectivity index is 0.00000180. The molecule has 1 amide bonds. The van der Waals surface area contributed by atoms with Crippen LogP contribution in [0.1, 0.15) is 17.3 Å². The van der Waals surface area contributed by atoms with Crippen LogP contribution in [0, 0.1) is 0 Å². The molecule has 1 aromatic rings. The van der Waals surface area contributed by atoms with Crippen LogP contribution in [-0.4, -0.2) is 48.7 Å². The molecule has 2 rings (SSSR count). The maximum absolute atomic E-state index is 12.3. The molecule has 1 heterocycles. The highest BCUT2D eigenvalue weighted by atomic mass is 35.5. The molecule has 1 aliphatic heterocycles. The van der Waals surface area contributed by atoms with Gasteiger partial charge in [-0.25, -0.2) is 0 Å². The van der Waals surface area contributed by atoms with Gasteiger partial charge in [-0.3, -0.25) is 4.79 Å². The van der Waals surface area contributed by atoms with Gasteiger partial charge in [-0.15, -0.1) is 12.4 Å². The number of nitrogens with one attached hydrogen (secondary N) is 1. The lowest BCUT2D eigenvalue weighted by molar-refractivity contribution is 0.0705. The minimum Gasteiger partial charge on any atom is -0.507 e. The molecule has 1 atom stereocenters. The zero-order valence-electron chi connectivity index (χ0n) is 11.0. The second-order valence-electron chi connectivity index (χ2n) is 4.49. The van der Waals surface area contributed by atoms with Crippen molar-refractivity contribution in [1.29, 1.82) is 0 Å². The fourth-order valence-electron chi connectivity index (χ4n) is 2.10. The van der Waals surface area contributed by atoms with Crippen molar-refractivity contribution in [2.45, 2.75) is 13.0 Å². The van der Waals surface area contributed by atoms with E-state index in [4.69, 9.17) is 4.74 Å². The molecule has 0 spiro atoms. The summed E-state index contributed by atoms with van der Waals surface area (Å²) < 4.78 is 5.07. The minimum atomic E-state index is -0.153. The number of methoxy groups -OCH3 is 1. The largest absolute Gasteiger partial charge is 0.507 e. The van der Waals surface area contributed by atoms with Crippen molar-refractivity contribution in [3.8, 4) is 11.5 Å². The van der Waals surface area contributed by atoms with Crippen LogP contribution in [0.3, 0.4) is 0 Å². The molecule has 0 saturated carbocycles. The Morgan fingerprint density at radius 2 is 2.26 bits per heavy atom. The van der Waals surface area contributed by atoms with E-state index in [9.17, 15) is 9.90 Å². The summed E-state index contributed by atoms with van der Waals surface area (Å²) in [6.07, 6.45) is 0. The number of phenolic OH excluding ortho intramolecular Hbond substituents is 1. The molecule has 106 valence electrons. The van der Waals surface area contributed by atoms with Crippen LogP contribution in [0.15, 0.2) is 18.2 Å². The van der Waals surface area contributed by atoms with E-state index in [1.807, 2.05) is 6.92 Å². The summed E-state index contributed by atoms with van der Waals surface area (Å²) >= 11 is 0. The summed E-state index contributed by atoms with van der Waals surface area (Å²) in [5.74, 6) is 0.408. The molecule has 6 heteroatoms. The Bertz CT molecular complexity index is 454. The number of carbonyl (C=O) groups excluding carboxylic acids is 1. The first-order chi connectivity index (χ1) is 8.61. The predicted molar refractivity (Wildman–Crippen MR) is 75.3 cm³/mol. The second-order valence-corrected chi connectivity index (χ2v) is 4.49. The lowest BCUT2D eigenvalue weighted by Crippen LogP contribution is -2.51. The molecule has 0 aromatic heterocycles. The van der Waals surface area contributed by atoms with E-state index in [1.165, 1.54) is 13.2 Å². The van der Waals surface area contributed by atoms with Crippen molar-refractivity contribution in [2.24, 2.45) is 0 Å². The SMILES string of the molecule is COc1ccc(O)c(C(=O)N2CCNC(C)C2)c1.Cl. The number of hydrogen-bond donors (Lipinski definition) is 2. The molecule has 1 aromatic carbocycles. The van der Waals surface area contributed by atoms with Gasteiger partial charge in [-0.2, -0.15) is 0 Å². The summed E-state index contributed by atoms with van der Waals surface area (Å²) in [6.45, 7) is 4.11. The van der Waals surface area contributed by atoms with Crippen molar-refractivity contribution >= 4 is 18.3 Å². The highest BCUT2D eigenvalue weighted by Crippen LogP contribution is 2.24. The van der Waals surface area contributed by atoms with Crippen LogP contribution in [-0.2, 0) is 0 Å². The number of benzene rings is 1. The number of aromatic hydroxyl groups is 1. The first-order valence-electron chi connectivity index (χ1n) is 6.01. The highest BCUT2D eigenvalue weighted by molar-refractivity contribution is 5.97. The maximum atomic E-state index is 12.3. The average Bonchev–Trinajstić information content (AvgIpc) is 2.38. The average molecular weight is 287 g/mol. The van der Waals surface area contributed by atoms with Crippen LogP contribution >= 0.6 is 12.4 Å². The van der Waals surface area contributed by atoms with Gasteiger partial charge in [0.05, 0.1) is 12.7 Å². The number of amides is 1. The van der Waals surface area contributed by atoms with E-state index in [1.54, 1.807) is 17.0 Å². The molecular weight excluding hydrogens is 268 g/mol. The number of hydrogen-bond acceptors (Lipinski definition) is 4. The van der Waals surface area contributed by atoms with Gasteiger partial charge in [0, 0.05) is 25.7 Å². The first-order valence-corrected chi connectivity index (χ1v) is 6.01. The predicted octanol–water partition coefficient (Wildman–Crippen LogP) is 1.26. The zero-order valence-corrected chi connectivity index (χ0v) is 11.9. The lowest BCUT2D eigenvalue weighted by atomic mass is 10.1. The van der Waals surface area contributed by atoms with Crippen LogP contribution < -0.4 is 10.1 Å². The standard InChI is InChI=1S/C13H18N2O3.ClH/c1-9-8-15(6-5-14-9)13(17)11-7-10(18-2)3-4-12(11)16;/h3-4,7,9,14,16H,5-6,8H2,1-2H3;1H. The smallest absolute Gasteiger partial charge is 0.257 e. The van der Waals surface area contributed by atoms with Gasteiger partial charge in [-0.05, 0) is 25.1 Å². The zero-order chi connectivity index (χ0) is 13.1. The quantitative estimate of drug-likeness (QED) is 0.859. The number of nitrogens with zero attached hydrogens (tertiary/aromatic N) is 1. The van der Waals surface area contributed by atoms with Crippen LogP contribution in [0.2, 0.25) is 0 Å². The summed E-state index contributed by atoms with van der Waals surface area (Å²) in [7, 11) is 1.54. The van der Waals surface area contributed by atoms with E-state index < -0.39 is 0 Å². The summed E-state index contributed by atoms with van der Waals surface area (Å²) in [5, 5.41) is 13.1. The Morgan fingerprint density at radius 3 is 2.89 bits per heavy atom. The Kier molecular flexibility index (Phi) is 5.44. The Morgan fingerprint density at radius 1 is 1.53 bits per heavy atom. The van der Waals surface area contributed by atoms with E-state index in [0.717, 1.165) is 6.54 Å². The summed E-state index contributed by atoms with van der Waals surface area (Å²) in [4.78, 5) is 14.1. The molecule has 1 aliphatic rings. The fraction of sp³-hybridized carbons (Fsp3) is 0.462. The fourth-order valence-corrected chi connectivity index (χ4v) is 2.10. The molecule has 0 radical (unpaired) electrons. The number of carbonyl (C=O) groups is 1. The molecule has 0 bridgehead atoms. The third-order valence-corrected chi connectivity index (χ3v) is 3.09. The topological polar surface area (TPSA) is 61.8 Å². The second kappa shape index (κ2) is 6.63. The number of halogens is 1. The van der Waals surface area contributed by atoms with Crippen molar-refractivity contribution in [1.82, 2.24) is 10.2 Å². The first kappa shape index (κ1) is 15.6. The third-order valence-electron chi connectivity index (χ3n) is 3.09. The molecule has 19 heavy (non-hydrogen) atoms. The molecule has 2 N–H and O–H groups in total. The molecule has 1 fully saturated rings. The normalized spacial score (nSPS) is 18.6. The molecule has 5 nitrogen and oxygen atoms in total. The Labute approximate surface area is 119 Å². The molecule has 1 unspecified atom stereocenters. The summed E-state index contributed by atoms with van der Waals surface area (Å²) in [6, 6.07) is 4.96. The highest BCUT2D eigenvalue weighted by Gasteiger charge is 2.23. The Hall–Kier alpha value is -1.46. The van der Waals surface area contributed by atoms with Gasteiger partial charge in [0.2, 0.25) is 0 Å². The van der Waals surface area contributed by atoms with Crippen LogP contribution in [0.25, 0.3) is 0 Å². The summed E-state index contributed by atoms with van der Waals surface area (Å²) in [5.41, 5.74) is 0.295. The van der Waals surface area contributed by atoms with Crippen molar-refractivity contribution in [3.63, 3.8) is 0 Å². The van der Waals surface area contributed by atoms with Crippen molar-refractivity contribution < 1.29 is 14.6 Å². The van der Waals surface area contributed by atoms with Crippen LogP contribution in [0.5, 0.6) is 11.5 Å². The number of rotatable bonds is 2. The van der Waals surface area contributed by atoms with E-state index in [2.05, 4.69) is 5.32 Å². The van der Waals surface area contributed by atoms with Gasteiger partial charge in [0.15, 0.2) is 0 Å². The maximum Gasteiger partial charge on any atom is 0.257 e. The van der Waals surface area contributed by atoms with Gasteiger partial charge in [0.1, 0.15) is 11.5 Å². The number of ether oxygens (including phenoxy) is 1. The van der Waals surface area contributed by atoms with E-state index in [0.29, 0.717) is 24.4 Å².